The fourth-order valence-electron chi connectivity index (χ4n) is 1.47. The third kappa shape index (κ3) is 6.06. The summed E-state index contributed by atoms with van der Waals surface area (Å²) in [6, 6.07) is 0. The van der Waals surface area contributed by atoms with Crippen LogP contribution in [0, 0.1) is 6.92 Å². The van der Waals surface area contributed by atoms with Crippen LogP contribution in [0.2, 0.25) is 0 Å². The number of imidazole rings is 1. The third-order valence-electron chi connectivity index (χ3n) is 2.11. The zero-order chi connectivity index (χ0) is 12.9. The van der Waals surface area contributed by atoms with Gasteiger partial charge in [0.05, 0.1) is 0 Å². The van der Waals surface area contributed by atoms with Crippen LogP contribution in [0.1, 0.15) is 38.7 Å². The molecule has 5 heteroatoms. The molecule has 0 fully saturated rings. The summed E-state index contributed by atoms with van der Waals surface area (Å²) < 4.78 is 0. The molecule has 0 aliphatic carbocycles. The highest BCUT2D eigenvalue weighted by Crippen LogP contribution is 1.99. The maximum absolute atomic E-state index is 11.5. The zero-order valence-electron chi connectivity index (χ0n) is 11.1. The number of nitrogens with one attached hydrogen (secondary N) is 3. The van der Waals surface area contributed by atoms with Crippen molar-refractivity contribution < 1.29 is 4.79 Å². The number of hydrogen-bond acceptors (Lipinski definition) is 3. The lowest BCUT2D eigenvalue weighted by Crippen LogP contribution is -2.41. The van der Waals surface area contributed by atoms with Crippen LogP contribution in [0.25, 0.3) is 0 Å². The monoisotopic (exact) mass is 238 g/mol. The van der Waals surface area contributed by atoms with Gasteiger partial charge in [0.2, 0.25) is 5.91 Å². The first-order valence-electron chi connectivity index (χ1n) is 5.89. The summed E-state index contributed by atoms with van der Waals surface area (Å²) in [5, 5.41) is 6.12. The van der Waals surface area contributed by atoms with Gasteiger partial charge in [-0.15, -0.1) is 0 Å². The highest BCUT2D eigenvalue weighted by Gasteiger charge is 2.12. The molecule has 5 nitrogen and oxygen atoms in total. The highest BCUT2D eigenvalue weighted by molar-refractivity contribution is 5.76. The van der Waals surface area contributed by atoms with E-state index in [1.54, 1.807) is 6.20 Å². The number of aryl methyl sites for hydroxylation is 1. The Balaban J connectivity index is 2.14. The van der Waals surface area contributed by atoms with Crippen LogP contribution in [0.15, 0.2) is 6.20 Å². The second kappa shape index (κ2) is 5.82. The van der Waals surface area contributed by atoms with Gasteiger partial charge in [0.1, 0.15) is 5.82 Å². The Hall–Kier alpha value is -1.36. The number of aromatic nitrogens is 2. The van der Waals surface area contributed by atoms with Crippen molar-refractivity contribution in [1.29, 1.82) is 0 Å². The highest BCUT2D eigenvalue weighted by atomic mass is 16.1. The van der Waals surface area contributed by atoms with E-state index < -0.39 is 0 Å². The van der Waals surface area contributed by atoms with E-state index in [1.165, 1.54) is 0 Å². The second-order valence-electron chi connectivity index (χ2n) is 5.22. The van der Waals surface area contributed by atoms with Crippen molar-refractivity contribution in [2.45, 2.75) is 46.2 Å². The molecule has 1 aromatic rings. The summed E-state index contributed by atoms with van der Waals surface area (Å²) in [6.07, 6.45) is 2.29. The topological polar surface area (TPSA) is 69.8 Å². The van der Waals surface area contributed by atoms with Gasteiger partial charge < -0.3 is 15.6 Å². The smallest absolute Gasteiger partial charge is 0.221 e. The lowest BCUT2D eigenvalue weighted by Gasteiger charge is -2.20. The van der Waals surface area contributed by atoms with E-state index in [4.69, 9.17) is 0 Å². The van der Waals surface area contributed by atoms with Gasteiger partial charge in [-0.05, 0) is 27.7 Å². The molecule has 1 aromatic heterocycles. The van der Waals surface area contributed by atoms with Crippen LogP contribution in [0.4, 0.5) is 0 Å². The number of carbonyl (C=O) groups is 1. The summed E-state index contributed by atoms with van der Waals surface area (Å²) in [5.41, 5.74) is 0.885. The molecule has 0 radical (unpaired) electrons. The number of nitrogens with zero attached hydrogens (tertiary/aromatic N) is 1. The predicted molar refractivity (Wildman–Crippen MR) is 67.5 cm³/mol. The molecule has 0 aliphatic heterocycles. The van der Waals surface area contributed by atoms with Gasteiger partial charge >= 0.3 is 0 Å². The molecule has 0 aromatic carbocycles. The van der Waals surface area contributed by atoms with E-state index in [-0.39, 0.29) is 11.4 Å². The maximum atomic E-state index is 11.5. The Kier molecular flexibility index (Phi) is 4.69. The van der Waals surface area contributed by atoms with Gasteiger partial charge in [0.25, 0.3) is 0 Å². The minimum Gasteiger partial charge on any atom is -0.351 e. The first-order valence-corrected chi connectivity index (χ1v) is 5.89. The van der Waals surface area contributed by atoms with Crippen molar-refractivity contribution in [3.05, 3.63) is 17.7 Å². The van der Waals surface area contributed by atoms with Gasteiger partial charge in [-0.3, -0.25) is 4.79 Å². The summed E-state index contributed by atoms with van der Waals surface area (Å²) in [6.45, 7) is 9.23. The molecule has 96 valence electrons. The summed E-state index contributed by atoms with van der Waals surface area (Å²) in [4.78, 5) is 18.7. The Labute approximate surface area is 102 Å². The molecule has 3 N–H and O–H groups in total. The normalized spacial score (nSPS) is 11.5. The molecule has 1 heterocycles. The number of amides is 1. The molecular formula is C12H22N4O. The van der Waals surface area contributed by atoms with E-state index in [0.717, 1.165) is 11.5 Å². The number of H-pyrrole nitrogens is 1. The zero-order valence-corrected chi connectivity index (χ0v) is 11.1. The first-order chi connectivity index (χ1) is 7.87. The molecule has 0 atom stereocenters. The fraction of sp³-hybridized carbons (Fsp3) is 0.667. The number of aromatic amines is 1. The standard InChI is InChI=1S/C12H22N4O/c1-9-14-8-10(15-9)7-13-6-5-11(17)16-12(2,3)4/h8,13H,5-7H2,1-4H3,(H,14,15)(H,16,17). The molecule has 17 heavy (non-hydrogen) atoms. The van der Waals surface area contributed by atoms with Crippen molar-refractivity contribution in [1.82, 2.24) is 20.6 Å². The van der Waals surface area contributed by atoms with Gasteiger partial charge in [-0.1, -0.05) is 0 Å². The van der Waals surface area contributed by atoms with Crippen molar-refractivity contribution in [2.75, 3.05) is 6.54 Å². The third-order valence-corrected chi connectivity index (χ3v) is 2.11. The van der Waals surface area contributed by atoms with E-state index in [1.807, 2.05) is 27.7 Å². The fourth-order valence-corrected chi connectivity index (χ4v) is 1.47. The SMILES string of the molecule is Cc1ncc(CNCCC(=O)NC(C)(C)C)[nH]1. The summed E-state index contributed by atoms with van der Waals surface area (Å²) >= 11 is 0. The van der Waals surface area contributed by atoms with Crippen LogP contribution < -0.4 is 10.6 Å². The maximum Gasteiger partial charge on any atom is 0.221 e. The van der Waals surface area contributed by atoms with Crippen LogP contribution in [-0.4, -0.2) is 28.0 Å². The molecule has 0 saturated heterocycles. The average Bonchev–Trinajstić information content (AvgIpc) is 2.56. The van der Waals surface area contributed by atoms with Crippen LogP contribution in [-0.2, 0) is 11.3 Å². The Morgan fingerprint density at radius 3 is 2.71 bits per heavy atom. The van der Waals surface area contributed by atoms with Gasteiger partial charge in [0.15, 0.2) is 0 Å². The van der Waals surface area contributed by atoms with Crippen molar-refractivity contribution in [2.24, 2.45) is 0 Å². The van der Waals surface area contributed by atoms with E-state index in [9.17, 15) is 4.79 Å². The summed E-state index contributed by atoms with van der Waals surface area (Å²) in [7, 11) is 0. The van der Waals surface area contributed by atoms with Gasteiger partial charge in [-0.25, -0.2) is 4.98 Å². The van der Waals surface area contributed by atoms with Crippen LogP contribution in [0.5, 0.6) is 0 Å². The number of hydrogen-bond donors (Lipinski definition) is 3. The first kappa shape index (κ1) is 13.7. The van der Waals surface area contributed by atoms with Gasteiger partial charge in [-0.2, -0.15) is 0 Å². The van der Waals surface area contributed by atoms with Crippen molar-refractivity contribution in [3.63, 3.8) is 0 Å². The van der Waals surface area contributed by atoms with Crippen LogP contribution >= 0.6 is 0 Å². The predicted octanol–water partition coefficient (Wildman–Crippen LogP) is 1.11. The van der Waals surface area contributed by atoms with Crippen molar-refractivity contribution >= 4 is 5.91 Å². The Morgan fingerprint density at radius 1 is 1.47 bits per heavy atom. The number of rotatable bonds is 5. The average molecular weight is 238 g/mol. The minimum absolute atomic E-state index is 0.0748. The summed E-state index contributed by atoms with van der Waals surface area (Å²) in [5.74, 6) is 0.984. The Bertz CT molecular complexity index is 365. The van der Waals surface area contributed by atoms with Gasteiger partial charge in [0, 0.05) is 36.9 Å². The van der Waals surface area contributed by atoms with E-state index >= 15 is 0 Å². The second-order valence-corrected chi connectivity index (χ2v) is 5.22. The Morgan fingerprint density at radius 2 is 2.18 bits per heavy atom. The molecule has 1 amide bonds. The number of carbonyl (C=O) groups excluding carboxylic acids is 1. The molecule has 1 rings (SSSR count). The lowest BCUT2D eigenvalue weighted by molar-refractivity contribution is -0.122. The quantitative estimate of drug-likeness (QED) is 0.673. The molecule has 0 unspecified atom stereocenters. The van der Waals surface area contributed by atoms with Crippen molar-refractivity contribution in [3.8, 4) is 0 Å². The largest absolute Gasteiger partial charge is 0.351 e. The van der Waals surface area contributed by atoms with Crippen LogP contribution in [0.3, 0.4) is 0 Å². The molecule has 0 bridgehead atoms. The minimum atomic E-state index is -0.155. The molecule has 0 saturated carbocycles. The lowest BCUT2D eigenvalue weighted by atomic mass is 10.1. The van der Waals surface area contributed by atoms with E-state index in [0.29, 0.717) is 19.5 Å². The molecule has 0 aliphatic rings. The molecule has 0 spiro atoms. The van der Waals surface area contributed by atoms with E-state index in [2.05, 4.69) is 20.6 Å². The molecular weight excluding hydrogens is 216 g/mol.